The van der Waals surface area contributed by atoms with Crippen molar-refractivity contribution in [2.24, 2.45) is 0 Å². The smallest absolute Gasteiger partial charge is 0.286 e. The van der Waals surface area contributed by atoms with Crippen LogP contribution in [-0.4, -0.2) is 24.6 Å². The standard InChI is InChI=1S/C7H9NO5S/c1-12-6(9)5-3-4(8(10)11)7(13-2)14-5/h3,7,9H,1-2H3/p-1/b6-5+/t7-/m1/s1. The third-order valence-corrected chi connectivity index (χ3v) is 2.75. The summed E-state index contributed by atoms with van der Waals surface area (Å²) in [5.74, 6) is -0.589. The fourth-order valence-corrected chi connectivity index (χ4v) is 1.90. The molecule has 7 heteroatoms. The van der Waals surface area contributed by atoms with E-state index in [-0.39, 0.29) is 10.6 Å². The van der Waals surface area contributed by atoms with E-state index < -0.39 is 16.3 Å². The molecule has 0 unspecified atom stereocenters. The normalized spacial score (nSPS) is 24.4. The molecule has 0 aromatic rings. The van der Waals surface area contributed by atoms with E-state index in [9.17, 15) is 15.2 Å². The molecule has 0 saturated heterocycles. The molecule has 0 aromatic carbocycles. The quantitative estimate of drug-likeness (QED) is 0.378. The number of allylic oxidation sites excluding steroid dienone is 1. The molecular weight excluding hydrogens is 210 g/mol. The highest BCUT2D eigenvalue weighted by molar-refractivity contribution is 8.04. The molecule has 6 nitrogen and oxygen atoms in total. The molecule has 0 aromatic heterocycles. The van der Waals surface area contributed by atoms with Gasteiger partial charge in [0.15, 0.2) is 5.44 Å². The van der Waals surface area contributed by atoms with E-state index in [1.165, 1.54) is 20.3 Å². The van der Waals surface area contributed by atoms with Gasteiger partial charge < -0.3 is 14.6 Å². The number of thioether (sulfide) groups is 1. The van der Waals surface area contributed by atoms with Crippen LogP contribution in [0.15, 0.2) is 22.6 Å². The number of ether oxygens (including phenoxy) is 2. The maximum Gasteiger partial charge on any atom is 0.286 e. The summed E-state index contributed by atoms with van der Waals surface area (Å²) >= 11 is 0.965. The summed E-state index contributed by atoms with van der Waals surface area (Å²) in [6.07, 6.45) is 1.17. The maximum atomic E-state index is 11.0. The van der Waals surface area contributed by atoms with Gasteiger partial charge in [0.2, 0.25) is 0 Å². The van der Waals surface area contributed by atoms with Crippen LogP contribution in [0.1, 0.15) is 0 Å². The van der Waals surface area contributed by atoms with Gasteiger partial charge in [0.05, 0.1) is 10.9 Å². The van der Waals surface area contributed by atoms with Crippen molar-refractivity contribution in [3.63, 3.8) is 0 Å². The Balaban J connectivity index is 2.97. The molecule has 1 heterocycles. The monoisotopic (exact) mass is 218 g/mol. The first kappa shape index (κ1) is 10.9. The third kappa shape index (κ3) is 1.99. The lowest BCUT2D eigenvalue weighted by Gasteiger charge is -2.11. The maximum absolute atomic E-state index is 11.0. The van der Waals surface area contributed by atoms with E-state index >= 15 is 0 Å². The number of methoxy groups -OCH3 is 2. The van der Waals surface area contributed by atoms with E-state index in [2.05, 4.69) is 4.74 Å². The largest absolute Gasteiger partial charge is 0.616 e. The van der Waals surface area contributed by atoms with Gasteiger partial charge in [0.1, 0.15) is 0 Å². The lowest BCUT2D eigenvalue weighted by molar-refractivity contribution is -0.432. The molecule has 1 atom stereocenters. The Morgan fingerprint density at radius 3 is 2.64 bits per heavy atom. The third-order valence-electron chi connectivity index (χ3n) is 1.57. The van der Waals surface area contributed by atoms with Crippen LogP contribution >= 0.6 is 11.8 Å². The molecule has 1 aliphatic rings. The van der Waals surface area contributed by atoms with Gasteiger partial charge in [0, 0.05) is 18.1 Å². The minimum Gasteiger partial charge on any atom is -0.616 e. The van der Waals surface area contributed by atoms with Crippen molar-refractivity contribution in [1.29, 1.82) is 0 Å². The predicted octanol–water partition coefficient (Wildman–Crippen LogP) is 0.0421. The Labute approximate surface area is 84.3 Å². The van der Waals surface area contributed by atoms with Gasteiger partial charge in [-0.3, -0.25) is 10.1 Å². The van der Waals surface area contributed by atoms with Crippen LogP contribution in [0.4, 0.5) is 0 Å². The van der Waals surface area contributed by atoms with Gasteiger partial charge in [-0.25, -0.2) is 0 Å². The van der Waals surface area contributed by atoms with Crippen LogP contribution in [0, 0.1) is 10.1 Å². The van der Waals surface area contributed by atoms with Crippen molar-refractivity contribution in [2.45, 2.75) is 5.44 Å². The molecule has 1 rings (SSSR count). The van der Waals surface area contributed by atoms with E-state index in [1.807, 2.05) is 0 Å². The Kier molecular flexibility index (Phi) is 3.37. The van der Waals surface area contributed by atoms with Gasteiger partial charge in [-0.15, -0.1) is 0 Å². The first-order valence-corrected chi connectivity index (χ1v) is 4.48. The Hall–Kier alpha value is -1.21. The van der Waals surface area contributed by atoms with Crippen molar-refractivity contribution in [1.82, 2.24) is 0 Å². The van der Waals surface area contributed by atoms with Crippen molar-refractivity contribution in [3.8, 4) is 0 Å². The molecule has 0 spiro atoms. The molecule has 14 heavy (non-hydrogen) atoms. The highest BCUT2D eigenvalue weighted by Gasteiger charge is 2.33. The number of nitro groups is 1. The van der Waals surface area contributed by atoms with Gasteiger partial charge in [-0.05, 0) is 7.11 Å². The van der Waals surface area contributed by atoms with Crippen molar-refractivity contribution in [3.05, 3.63) is 32.7 Å². The molecule has 1 aliphatic heterocycles. The van der Waals surface area contributed by atoms with Crippen LogP contribution in [0.2, 0.25) is 0 Å². The number of rotatable bonds is 3. The molecule has 0 saturated carbocycles. The zero-order chi connectivity index (χ0) is 10.7. The van der Waals surface area contributed by atoms with Crippen LogP contribution < -0.4 is 5.11 Å². The van der Waals surface area contributed by atoms with Gasteiger partial charge >= 0.3 is 0 Å². The number of nitrogens with zero attached hydrogens (tertiary/aromatic N) is 1. The molecule has 0 N–H and O–H groups in total. The summed E-state index contributed by atoms with van der Waals surface area (Å²) in [6, 6.07) is 0. The molecule has 78 valence electrons. The summed E-state index contributed by atoms with van der Waals surface area (Å²) < 4.78 is 9.27. The average molecular weight is 218 g/mol. The fraction of sp³-hybridized carbons (Fsp3) is 0.429. The first-order valence-electron chi connectivity index (χ1n) is 3.61. The SMILES string of the molecule is CO/C([O-])=C1\C=C([N+](=O)[O-])[C@H](OC)S1. The zero-order valence-corrected chi connectivity index (χ0v) is 8.37. The minimum absolute atomic E-state index is 0.141. The Morgan fingerprint density at radius 2 is 2.29 bits per heavy atom. The number of hydrogen-bond acceptors (Lipinski definition) is 6. The topological polar surface area (TPSA) is 84.7 Å². The van der Waals surface area contributed by atoms with Gasteiger partial charge in [0.25, 0.3) is 5.70 Å². The van der Waals surface area contributed by atoms with E-state index in [0.717, 1.165) is 11.8 Å². The molecule has 0 aliphatic carbocycles. The van der Waals surface area contributed by atoms with Crippen molar-refractivity contribution in [2.75, 3.05) is 14.2 Å². The van der Waals surface area contributed by atoms with Crippen molar-refractivity contribution < 1.29 is 19.5 Å². The second kappa shape index (κ2) is 4.34. The Morgan fingerprint density at radius 1 is 1.64 bits per heavy atom. The summed E-state index contributed by atoms with van der Waals surface area (Å²) in [5.41, 5.74) is -0.878. The van der Waals surface area contributed by atoms with Gasteiger partial charge in [-0.1, -0.05) is 11.8 Å². The van der Waals surface area contributed by atoms with Crippen LogP contribution in [-0.2, 0) is 9.47 Å². The molecular formula is C7H8NO5S-. The lowest BCUT2D eigenvalue weighted by atomic mass is 10.4. The summed E-state index contributed by atoms with van der Waals surface area (Å²) in [4.78, 5) is 10.1. The highest BCUT2D eigenvalue weighted by atomic mass is 32.2. The molecule has 0 fully saturated rings. The summed E-state index contributed by atoms with van der Waals surface area (Å²) in [7, 11) is 2.56. The van der Waals surface area contributed by atoms with Crippen molar-refractivity contribution >= 4 is 11.8 Å². The average Bonchev–Trinajstić information content (AvgIpc) is 2.60. The highest BCUT2D eigenvalue weighted by Crippen LogP contribution is 2.37. The van der Waals surface area contributed by atoms with E-state index in [1.54, 1.807) is 0 Å². The molecule has 0 bridgehead atoms. The first-order chi connectivity index (χ1) is 6.60. The summed E-state index contributed by atoms with van der Waals surface area (Å²) in [5, 5.41) is 21.5. The molecule has 0 amide bonds. The van der Waals surface area contributed by atoms with E-state index in [0.29, 0.717) is 0 Å². The summed E-state index contributed by atoms with van der Waals surface area (Å²) in [6.45, 7) is 0. The second-order valence-corrected chi connectivity index (χ2v) is 3.47. The molecule has 0 radical (unpaired) electrons. The van der Waals surface area contributed by atoms with Gasteiger partial charge in [-0.2, -0.15) is 0 Å². The van der Waals surface area contributed by atoms with Crippen LogP contribution in [0.3, 0.4) is 0 Å². The zero-order valence-electron chi connectivity index (χ0n) is 7.55. The van der Waals surface area contributed by atoms with Crippen LogP contribution in [0.5, 0.6) is 0 Å². The number of hydrogen-bond donors (Lipinski definition) is 0. The second-order valence-electron chi connectivity index (χ2n) is 2.37. The Bertz CT molecular complexity index is 311. The minimum atomic E-state index is -0.737. The lowest BCUT2D eigenvalue weighted by Crippen LogP contribution is -2.12. The predicted molar refractivity (Wildman–Crippen MR) is 47.5 cm³/mol. The fourth-order valence-electron chi connectivity index (χ4n) is 0.927. The van der Waals surface area contributed by atoms with Crippen LogP contribution in [0.25, 0.3) is 0 Å². The van der Waals surface area contributed by atoms with E-state index in [4.69, 9.17) is 4.74 Å².